The quantitative estimate of drug-likeness (QED) is 0.0522. The first-order valence-corrected chi connectivity index (χ1v) is 13.2. The molecule has 0 bridgehead atoms. The average Bonchev–Trinajstić information content (AvgIpc) is 3.05. The van der Waals surface area contributed by atoms with E-state index >= 15 is 0 Å². The van der Waals surface area contributed by atoms with Crippen LogP contribution in [0.4, 0.5) is 22.0 Å². The van der Waals surface area contributed by atoms with Crippen LogP contribution in [0.15, 0.2) is 30.6 Å². The normalized spacial score (nSPS) is 11.0. The van der Waals surface area contributed by atoms with Crippen molar-refractivity contribution in [2.24, 2.45) is 0 Å². The summed E-state index contributed by atoms with van der Waals surface area (Å²) in [5.74, 6) is -14.0. The van der Waals surface area contributed by atoms with E-state index in [1.807, 2.05) is 0 Å². The second-order valence-electron chi connectivity index (χ2n) is 8.63. The lowest BCUT2D eigenvalue weighted by molar-refractivity contribution is -0.136. The highest BCUT2D eigenvalue weighted by atomic mass is 19.2. The molecule has 0 spiro atoms. The van der Waals surface area contributed by atoms with Crippen LogP contribution in [0, 0.1) is 29.1 Å². The molecule has 3 rings (SSSR count). The van der Waals surface area contributed by atoms with Crippen molar-refractivity contribution in [2.45, 2.75) is 12.8 Å². The SMILES string of the molecule is O=C(CCOCCOCCOCCOCCCNC(=O)c1ccc(-c2nncnn2)cc1)Oc1c(F)c(F)c(F)c(F)c1F. The van der Waals surface area contributed by atoms with E-state index in [2.05, 4.69) is 30.4 Å². The summed E-state index contributed by atoms with van der Waals surface area (Å²) in [7, 11) is 0. The van der Waals surface area contributed by atoms with Gasteiger partial charge in [-0.1, -0.05) is 12.1 Å². The van der Waals surface area contributed by atoms with Gasteiger partial charge in [0.15, 0.2) is 6.33 Å². The molecule has 0 atom stereocenters. The lowest BCUT2D eigenvalue weighted by Gasteiger charge is -2.09. The van der Waals surface area contributed by atoms with E-state index in [1.54, 1.807) is 24.3 Å². The second kappa shape index (κ2) is 18.5. The van der Waals surface area contributed by atoms with Gasteiger partial charge >= 0.3 is 5.97 Å². The fourth-order valence-electron chi connectivity index (χ4n) is 3.33. The van der Waals surface area contributed by atoms with E-state index in [4.69, 9.17) is 18.9 Å². The number of rotatable bonds is 19. The molecule has 0 saturated heterocycles. The Morgan fingerprint density at radius 2 is 1.16 bits per heavy atom. The zero-order chi connectivity index (χ0) is 31.7. The Hall–Kier alpha value is -4.19. The van der Waals surface area contributed by atoms with E-state index < -0.39 is 47.2 Å². The highest BCUT2D eigenvalue weighted by molar-refractivity contribution is 5.94. The first-order valence-electron chi connectivity index (χ1n) is 13.2. The van der Waals surface area contributed by atoms with E-state index in [-0.39, 0.29) is 38.9 Å². The van der Waals surface area contributed by atoms with Gasteiger partial charge in [0.25, 0.3) is 5.91 Å². The maximum atomic E-state index is 13.5. The summed E-state index contributed by atoms with van der Waals surface area (Å²) in [4.78, 5) is 23.9. The number of hydrogen-bond acceptors (Lipinski definition) is 11. The molecule has 1 heterocycles. The Morgan fingerprint density at radius 3 is 1.73 bits per heavy atom. The van der Waals surface area contributed by atoms with E-state index in [9.17, 15) is 31.5 Å². The van der Waals surface area contributed by atoms with Gasteiger partial charge in [0.05, 0.1) is 52.7 Å². The Morgan fingerprint density at radius 1 is 0.659 bits per heavy atom. The molecular formula is C27H28F5N5O7. The molecule has 1 amide bonds. The van der Waals surface area contributed by atoms with Crippen LogP contribution in [0.2, 0.25) is 0 Å². The van der Waals surface area contributed by atoms with Gasteiger partial charge in [-0.05, 0) is 18.6 Å². The lowest BCUT2D eigenvalue weighted by atomic mass is 10.1. The van der Waals surface area contributed by atoms with Gasteiger partial charge in [-0.3, -0.25) is 9.59 Å². The number of halogens is 5. The van der Waals surface area contributed by atoms with Crippen LogP contribution >= 0.6 is 0 Å². The van der Waals surface area contributed by atoms with Crippen molar-refractivity contribution in [3.05, 3.63) is 65.2 Å². The minimum Gasteiger partial charge on any atom is -0.420 e. The van der Waals surface area contributed by atoms with Gasteiger partial charge in [0.2, 0.25) is 40.7 Å². The predicted octanol–water partition coefficient (Wildman–Crippen LogP) is 2.81. The van der Waals surface area contributed by atoms with Gasteiger partial charge in [-0.25, -0.2) is 13.2 Å². The van der Waals surface area contributed by atoms with Crippen molar-refractivity contribution >= 4 is 11.9 Å². The molecule has 12 nitrogen and oxygen atoms in total. The minimum atomic E-state index is -2.35. The molecule has 0 radical (unpaired) electrons. The van der Waals surface area contributed by atoms with Crippen LogP contribution in [0.1, 0.15) is 23.2 Å². The molecule has 0 unspecified atom stereocenters. The number of ether oxygens (including phenoxy) is 5. The van der Waals surface area contributed by atoms with Crippen LogP contribution in [-0.2, 0) is 23.7 Å². The van der Waals surface area contributed by atoms with E-state index in [1.165, 1.54) is 6.33 Å². The van der Waals surface area contributed by atoms with Crippen molar-refractivity contribution in [1.82, 2.24) is 25.7 Å². The molecule has 1 aromatic heterocycles. The number of hydrogen-bond donors (Lipinski definition) is 1. The smallest absolute Gasteiger partial charge is 0.313 e. The number of carbonyl (C=O) groups excluding carboxylic acids is 2. The number of esters is 1. The standard InChI is InChI=1S/C27H28F5N5O7/c28-20-21(29)23(31)25(24(32)22(20)30)44-19(38)6-9-41-11-13-43-15-14-42-12-10-40-8-1-7-33-27(39)18-4-2-17(3-5-18)26-36-34-16-35-37-26/h2-5,16H,1,6-15H2,(H,33,39). The zero-order valence-corrected chi connectivity index (χ0v) is 23.2. The summed E-state index contributed by atoms with van der Waals surface area (Å²) < 4.78 is 91.8. The first kappa shape index (κ1) is 34.3. The number of amides is 1. The molecule has 0 fully saturated rings. The molecule has 44 heavy (non-hydrogen) atoms. The molecule has 0 aliphatic rings. The van der Waals surface area contributed by atoms with Crippen LogP contribution in [0.25, 0.3) is 11.4 Å². The van der Waals surface area contributed by atoms with E-state index in [0.717, 1.165) is 0 Å². The van der Waals surface area contributed by atoms with Gasteiger partial charge in [0.1, 0.15) is 0 Å². The Labute approximate surface area is 247 Å². The van der Waals surface area contributed by atoms with Crippen LogP contribution in [-0.4, -0.2) is 91.7 Å². The van der Waals surface area contributed by atoms with Gasteiger partial charge < -0.3 is 29.0 Å². The molecule has 3 aromatic rings. The van der Waals surface area contributed by atoms with Crippen molar-refractivity contribution in [2.75, 3.05) is 59.4 Å². The maximum absolute atomic E-state index is 13.5. The van der Waals surface area contributed by atoms with Crippen LogP contribution < -0.4 is 10.1 Å². The largest absolute Gasteiger partial charge is 0.420 e. The predicted molar refractivity (Wildman–Crippen MR) is 140 cm³/mol. The third kappa shape index (κ3) is 10.8. The molecule has 238 valence electrons. The monoisotopic (exact) mass is 629 g/mol. The number of aromatic nitrogens is 4. The number of nitrogens with one attached hydrogen (secondary N) is 1. The van der Waals surface area contributed by atoms with Crippen molar-refractivity contribution in [1.29, 1.82) is 0 Å². The third-order valence-corrected chi connectivity index (χ3v) is 5.52. The first-order chi connectivity index (χ1) is 21.3. The summed E-state index contributed by atoms with van der Waals surface area (Å²) >= 11 is 0. The summed E-state index contributed by atoms with van der Waals surface area (Å²) in [6.07, 6.45) is 1.34. The molecule has 0 aliphatic carbocycles. The van der Waals surface area contributed by atoms with Crippen LogP contribution in [0.5, 0.6) is 5.75 Å². The summed E-state index contributed by atoms with van der Waals surface area (Å²) in [6, 6.07) is 6.74. The van der Waals surface area contributed by atoms with Gasteiger partial charge in [0, 0.05) is 24.3 Å². The third-order valence-electron chi connectivity index (χ3n) is 5.52. The molecule has 0 saturated carbocycles. The highest BCUT2D eigenvalue weighted by Gasteiger charge is 2.28. The summed E-state index contributed by atoms with van der Waals surface area (Å²) in [5.41, 5.74) is 1.18. The fourth-order valence-corrected chi connectivity index (χ4v) is 3.33. The fraction of sp³-hybridized carbons (Fsp3) is 0.407. The summed E-state index contributed by atoms with van der Waals surface area (Å²) in [6.45, 7) is 2.07. The molecule has 17 heteroatoms. The van der Waals surface area contributed by atoms with Gasteiger partial charge in [-0.15, -0.1) is 20.4 Å². The minimum absolute atomic E-state index is 0.0683. The molecule has 1 N–H and O–H groups in total. The molecule has 2 aromatic carbocycles. The topological polar surface area (TPSA) is 144 Å². The maximum Gasteiger partial charge on any atom is 0.313 e. The Balaban J connectivity index is 1.11. The lowest BCUT2D eigenvalue weighted by Crippen LogP contribution is -2.25. The highest BCUT2D eigenvalue weighted by Crippen LogP contribution is 2.29. The summed E-state index contributed by atoms with van der Waals surface area (Å²) in [5, 5.41) is 17.9. The van der Waals surface area contributed by atoms with Crippen molar-refractivity contribution in [3.63, 3.8) is 0 Å². The molecule has 0 aliphatic heterocycles. The number of carbonyl (C=O) groups is 2. The number of benzene rings is 2. The van der Waals surface area contributed by atoms with Crippen molar-refractivity contribution in [3.8, 4) is 17.1 Å². The van der Waals surface area contributed by atoms with Gasteiger partial charge in [-0.2, -0.15) is 8.78 Å². The van der Waals surface area contributed by atoms with E-state index in [0.29, 0.717) is 49.7 Å². The van der Waals surface area contributed by atoms with Crippen molar-refractivity contribution < 1.29 is 55.2 Å². The average molecular weight is 630 g/mol. The number of nitrogens with zero attached hydrogens (tertiary/aromatic N) is 4. The second-order valence-corrected chi connectivity index (χ2v) is 8.63. The Kier molecular flexibility index (Phi) is 14.4. The Bertz CT molecular complexity index is 1330. The van der Waals surface area contributed by atoms with Crippen LogP contribution in [0.3, 0.4) is 0 Å². The molecular weight excluding hydrogens is 601 g/mol. The zero-order valence-electron chi connectivity index (χ0n) is 23.2.